The predicted octanol–water partition coefficient (Wildman–Crippen LogP) is 11.0. The SMILES string of the molecule is [O-]B([O-])F.[O-]B([O-])F.[O-]B([O-])F.[O-]B([O-])F.[Rh+]/[C]1=C/CC/C=C\CC1.[Rh+]/[C]1=C/CC/C=C\CC1.[Rh+]/[C]1=C/CC/C=C\CC1.[Rh+]/[C]1=C/CC/C=C\CC1.[Rh+]/[C]1=C/CC/C=C\CC1.[Rh+]/[C]1=C/CC/C=C\CC1.[Rh+]/[C]1=C/CC/C=C\CC1.[Rh+]/[C]1=C/CC/C=C\CC1. The maximum atomic E-state index is 9.89. The molecule has 0 N–H and O–H groups in total. The van der Waals surface area contributed by atoms with Gasteiger partial charge in [0.25, 0.3) is 0 Å². The monoisotopic (exact) mass is 1930 g/mol. The molecule has 88 heavy (non-hydrogen) atoms. The number of rotatable bonds is 0. The molecule has 0 radical (unpaired) electrons. The minimum atomic E-state index is -3.17. The second kappa shape index (κ2) is 76.5. The third-order valence-corrected chi connectivity index (χ3v) is 17.1. The van der Waals surface area contributed by atoms with E-state index in [0.717, 1.165) is 0 Å². The van der Waals surface area contributed by atoms with E-state index in [2.05, 4.69) is 292 Å². The van der Waals surface area contributed by atoms with E-state index in [1.54, 1.807) is 0 Å². The molecule has 0 aromatic rings. The van der Waals surface area contributed by atoms with Gasteiger partial charge in [-0.25, -0.2) is 0 Å². The van der Waals surface area contributed by atoms with Crippen LogP contribution >= 0.6 is 0 Å². The molecule has 0 bridgehead atoms. The molecule has 8 rings (SSSR count). The Morgan fingerprint density at radius 2 is 0.261 bits per heavy atom. The van der Waals surface area contributed by atoms with Crippen LogP contribution in [0.1, 0.15) is 205 Å². The molecule has 0 unspecified atom stereocenters. The van der Waals surface area contributed by atoms with Crippen molar-refractivity contribution in [2.24, 2.45) is 0 Å². The average molecular weight is 1930 g/mol. The quantitative estimate of drug-likeness (QED) is 0.130. The van der Waals surface area contributed by atoms with Crippen LogP contribution in [0.15, 0.2) is 179 Å². The molecule has 0 aliphatic heterocycles. The Kier molecular flexibility index (Phi) is 82.5. The molecule has 0 atom stereocenters. The van der Waals surface area contributed by atoms with Crippen LogP contribution in [0.25, 0.3) is 0 Å². The fourth-order valence-electron chi connectivity index (χ4n) is 7.06. The molecule has 8 aliphatic carbocycles. The molecule has 0 saturated carbocycles. The number of hydrogen-bond acceptors (Lipinski definition) is 8. The Balaban J connectivity index is -0.000000443. The molecule has 0 saturated heterocycles. The van der Waals surface area contributed by atoms with Gasteiger partial charge in [-0.3, -0.25) is 0 Å². The van der Waals surface area contributed by atoms with Crippen molar-refractivity contribution in [1.82, 2.24) is 0 Å². The zero-order chi connectivity index (χ0) is 66.5. The molecule has 0 amide bonds. The van der Waals surface area contributed by atoms with E-state index < -0.39 is 29.6 Å². The first-order valence-corrected chi connectivity index (χ1v) is 36.2. The molecule has 0 fully saturated rings. The maximum absolute atomic E-state index is 9.89. The third kappa shape index (κ3) is 97.6. The van der Waals surface area contributed by atoms with Crippen LogP contribution in [0.4, 0.5) is 17.3 Å². The van der Waals surface area contributed by atoms with Gasteiger partial charge in [0.15, 0.2) is 0 Å². The van der Waals surface area contributed by atoms with Gasteiger partial charge < -0.3 is 57.5 Å². The number of halogens is 4. The van der Waals surface area contributed by atoms with E-state index in [-0.39, 0.29) is 0 Å². The predicted molar refractivity (Wildman–Crippen MR) is 313 cm³/mol. The van der Waals surface area contributed by atoms with Gasteiger partial charge in [0.1, 0.15) is 29.6 Å². The molecule has 0 aromatic carbocycles. The van der Waals surface area contributed by atoms with E-state index in [1.165, 1.54) is 239 Å². The van der Waals surface area contributed by atoms with E-state index in [9.17, 15) is 17.3 Å². The Labute approximate surface area is 611 Å². The van der Waals surface area contributed by atoms with Gasteiger partial charge in [-0.2, -0.15) is 0 Å². The first-order valence-electron chi connectivity index (χ1n) is 29.7. The summed E-state index contributed by atoms with van der Waals surface area (Å²) in [6, 6.07) is 0. The molecule has 0 aromatic heterocycles. The molecule has 0 heterocycles. The first-order chi connectivity index (χ1) is 42.1. The molecule has 504 valence electrons. The van der Waals surface area contributed by atoms with Crippen molar-refractivity contribution in [3.05, 3.63) is 179 Å². The second-order valence-corrected chi connectivity index (χ2v) is 27.2. The van der Waals surface area contributed by atoms with E-state index in [4.69, 9.17) is 40.2 Å². The van der Waals surface area contributed by atoms with Gasteiger partial charge in [0, 0.05) is 0 Å². The van der Waals surface area contributed by atoms with E-state index in [1.807, 2.05) is 0 Å². The Morgan fingerprint density at radius 3 is 0.352 bits per heavy atom. The van der Waals surface area contributed by atoms with Gasteiger partial charge >= 0.3 is 531 Å². The topological polar surface area (TPSA) is 184 Å². The summed E-state index contributed by atoms with van der Waals surface area (Å²) in [6.07, 6.45) is 93.5. The van der Waals surface area contributed by atoms with Gasteiger partial charge in [-0.1, -0.05) is 0 Å². The fourth-order valence-corrected chi connectivity index (χ4v) is 10.8. The zero-order valence-electron chi connectivity index (χ0n) is 50.2. The minimum absolute atomic E-state index is 1.21. The Morgan fingerprint density at radius 1 is 0.182 bits per heavy atom. The van der Waals surface area contributed by atoms with Crippen LogP contribution in [0, 0.1) is 0 Å². The van der Waals surface area contributed by atoms with Crippen molar-refractivity contribution in [3.63, 3.8) is 0 Å². The van der Waals surface area contributed by atoms with Crippen LogP contribution in [0.5, 0.6) is 0 Å². The Hall–Kier alpha value is 0.487. The van der Waals surface area contributed by atoms with Crippen LogP contribution in [-0.2, 0) is 146 Å². The summed E-state index contributed by atoms with van der Waals surface area (Å²) >= 11 is 23.8. The van der Waals surface area contributed by atoms with Crippen molar-refractivity contribution in [2.45, 2.75) is 205 Å². The van der Waals surface area contributed by atoms with Gasteiger partial charge in [-0.15, -0.1) is 0 Å². The van der Waals surface area contributed by atoms with E-state index in [0.29, 0.717) is 0 Å². The van der Waals surface area contributed by atoms with Crippen molar-refractivity contribution in [2.75, 3.05) is 0 Å². The van der Waals surface area contributed by atoms with Gasteiger partial charge in [0.2, 0.25) is 0 Å². The van der Waals surface area contributed by atoms with Gasteiger partial charge in [-0.05, 0) is 0 Å². The summed E-state index contributed by atoms with van der Waals surface area (Å²) in [6.45, 7) is 0. The summed E-state index contributed by atoms with van der Waals surface area (Å²) in [5, 5.41) is 66.4. The average Bonchev–Trinajstić information content (AvgIpc) is 3.39. The summed E-state index contributed by atoms with van der Waals surface area (Å²) in [4.78, 5) is 0. The summed E-state index contributed by atoms with van der Waals surface area (Å²) in [7, 11) is -12.7. The van der Waals surface area contributed by atoms with Crippen LogP contribution in [-0.4, -0.2) is 29.6 Å². The van der Waals surface area contributed by atoms with Crippen LogP contribution in [0.3, 0.4) is 0 Å². The first kappa shape index (κ1) is 94.9. The van der Waals surface area contributed by atoms with Crippen molar-refractivity contribution in [1.29, 1.82) is 0 Å². The normalized spacial score (nSPS) is 25.5. The molecular formula is C64H88B4F4O8Rh8. The molecular weight excluding hydrogens is 1840 g/mol. The van der Waals surface area contributed by atoms with Crippen LogP contribution < -0.4 is 40.2 Å². The second-order valence-electron chi connectivity index (χ2n) is 18.8. The van der Waals surface area contributed by atoms with Crippen molar-refractivity contribution >= 4 is 29.6 Å². The van der Waals surface area contributed by atoms with Crippen LogP contribution in [0.2, 0.25) is 0 Å². The zero-order valence-corrected chi connectivity index (χ0v) is 63.3. The summed E-state index contributed by atoms with van der Waals surface area (Å²) < 4.78 is 51.1. The number of allylic oxidation sites excluding steroid dienone is 32. The molecule has 0 spiro atoms. The molecule has 8 aliphatic rings. The molecule has 8 nitrogen and oxygen atoms in total. The molecule has 24 heteroatoms. The fraction of sp³-hybridized carbons (Fsp3) is 0.500. The Bertz CT molecular complexity index is 1720. The number of hydrogen-bond donors (Lipinski definition) is 0. The standard InChI is InChI=1S/8C8H11.4BFO2.8Rh/c8*1-2-4-6-8-7-5-3-1;4*2-1(3)4;;;;;;;;/h8*1-2,7H,3-6H2;;;;;;;;;;;;/q;;;;;;;;4*-2;8*+1/b8*2-1-,8-7?;;;;;;;;;;;;. The van der Waals surface area contributed by atoms with E-state index >= 15 is 0 Å². The van der Waals surface area contributed by atoms with Gasteiger partial charge in [0.05, 0.1) is 0 Å². The van der Waals surface area contributed by atoms with Crippen molar-refractivity contribution in [3.8, 4) is 0 Å². The van der Waals surface area contributed by atoms with Crippen molar-refractivity contribution < 1.29 is 204 Å². The summed E-state index contributed by atoms with van der Waals surface area (Å²) in [5.74, 6) is 0. The third-order valence-electron chi connectivity index (χ3n) is 11.2. The summed E-state index contributed by atoms with van der Waals surface area (Å²) in [5.41, 5.74) is 0.